The van der Waals surface area contributed by atoms with Crippen LogP contribution < -0.4 is 14.2 Å². The highest BCUT2D eigenvalue weighted by Gasteiger charge is 2.12. The largest absolute Gasteiger partial charge is 0.618 e. The molecule has 0 atom stereocenters. The molecule has 0 unspecified atom stereocenters. The molecular formula is C17H15NO3. The molecule has 0 spiro atoms. The quantitative estimate of drug-likeness (QED) is 0.545. The van der Waals surface area contributed by atoms with Gasteiger partial charge in [-0.2, -0.15) is 4.73 Å². The van der Waals surface area contributed by atoms with Crippen molar-refractivity contribution in [3.63, 3.8) is 0 Å². The van der Waals surface area contributed by atoms with E-state index < -0.39 is 0 Å². The van der Waals surface area contributed by atoms with Crippen LogP contribution in [0.4, 0.5) is 0 Å². The van der Waals surface area contributed by atoms with Crippen LogP contribution in [-0.2, 0) is 6.61 Å². The second-order valence-corrected chi connectivity index (χ2v) is 4.67. The normalized spacial score (nSPS) is 10.5. The highest BCUT2D eigenvalue weighted by molar-refractivity contribution is 5.83. The van der Waals surface area contributed by atoms with Crippen molar-refractivity contribution < 1.29 is 14.2 Å². The number of methoxy groups -OCH3 is 1. The minimum atomic E-state index is 0.454. The van der Waals surface area contributed by atoms with E-state index in [0.717, 1.165) is 15.7 Å². The zero-order valence-corrected chi connectivity index (χ0v) is 11.7. The Morgan fingerprint density at radius 3 is 2.62 bits per heavy atom. The van der Waals surface area contributed by atoms with Crippen LogP contribution >= 0.6 is 0 Å². The highest BCUT2D eigenvalue weighted by atomic mass is 16.5. The molecule has 106 valence electrons. The van der Waals surface area contributed by atoms with E-state index >= 15 is 0 Å². The summed E-state index contributed by atoms with van der Waals surface area (Å²) in [7, 11) is 1.54. The molecule has 2 aromatic carbocycles. The molecule has 0 saturated carbocycles. The second-order valence-electron chi connectivity index (χ2n) is 4.67. The molecule has 0 bridgehead atoms. The maximum absolute atomic E-state index is 12.0. The van der Waals surface area contributed by atoms with Gasteiger partial charge in [-0.1, -0.05) is 36.4 Å². The van der Waals surface area contributed by atoms with Crippen molar-refractivity contribution >= 4 is 10.9 Å². The van der Waals surface area contributed by atoms with Crippen LogP contribution in [-0.4, -0.2) is 7.11 Å². The maximum atomic E-state index is 12.0. The van der Waals surface area contributed by atoms with Gasteiger partial charge in [-0.25, -0.2) is 0 Å². The summed E-state index contributed by atoms with van der Waals surface area (Å²) in [5.74, 6) is 1.17. The van der Waals surface area contributed by atoms with E-state index in [1.165, 1.54) is 13.3 Å². The average Bonchev–Trinajstić information content (AvgIpc) is 2.54. The number of benzene rings is 2. The van der Waals surface area contributed by atoms with Gasteiger partial charge >= 0.3 is 0 Å². The summed E-state index contributed by atoms with van der Waals surface area (Å²) in [4.78, 5) is 0. The van der Waals surface area contributed by atoms with E-state index in [1.807, 2.05) is 48.5 Å². The number of fused-ring (bicyclic) bond motifs is 1. The van der Waals surface area contributed by atoms with E-state index in [1.54, 1.807) is 6.07 Å². The maximum Gasteiger partial charge on any atom is 0.227 e. The fourth-order valence-electron chi connectivity index (χ4n) is 2.21. The number of rotatable bonds is 4. The molecule has 0 fully saturated rings. The zero-order valence-electron chi connectivity index (χ0n) is 11.7. The predicted molar refractivity (Wildman–Crippen MR) is 80.2 cm³/mol. The minimum absolute atomic E-state index is 0.454. The Morgan fingerprint density at radius 1 is 1.05 bits per heavy atom. The molecule has 1 aromatic heterocycles. The monoisotopic (exact) mass is 281 g/mol. The molecule has 4 nitrogen and oxygen atoms in total. The second kappa shape index (κ2) is 5.71. The molecule has 0 saturated heterocycles. The number of pyridine rings is 1. The van der Waals surface area contributed by atoms with Gasteiger partial charge in [-0.3, -0.25) is 0 Å². The van der Waals surface area contributed by atoms with E-state index in [2.05, 4.69) is 0 Å². The lowest BCUT2D eigenvalue weighted by Crippen LogP contribution is -2.26. The predicted octanol–water partition coefficient (Wildman–Crippen LogP) is 3.06. The Labute approximate surface area is 122 Å². The van der Waals surface area contributed by atoms with Gasteiger partial charge in [0, 0.05) is 12.1 Å². The number of ether oxygens (including phenoxy) is 2. The van der Waals surface area contributed by atoms with Crippen LogP contribution in [0.3, 0.4) is 0 Å². The fraction of sp³-hybridized carbons (Fsp3) is 0.118. The Hall–Kier alpha value is -2.75. The molecule has 4 heteroatoms. The van der Waals surface area contributed by atoms with Crippen molar-refractivity contribution in [2.75, 3.05) is 7.11 Å². The molecule has 0 radical (unpaired) electrons. The number of nitrogens with zero attached hydrogens (tertiary/aromatic N) is 1. The molecule has 0 aliphatic heterocycles. The van der Waals surface area contributed by atoms with E-state index in [9.17, 15) is 5.21 Å². The molecule has 0 aliphatic rings. The van der Waals surface area contributed by atoms with Gasteiger partial charge in [0.15, 0.2) is 5.75 Å². The summed E-state index contributed by atoms with van der Waals surface area (Å²) >= 11 is 0. The van der Waals surface area contributed by atoms with Gasteiger partial charge in [-0.15, -0.1) is 0 Å². The third-order valence-corrected chi connectivity index (χ3v) is 3.28. The lowest BCUT2D eigenvalue weighted by Gasteiger charge is -2.10. The van der Waals surface area contributed by atoms with E-state index in [4.69, 9.17) is 9.47 Å². The standard InChI is InChI=1S/C17H15NO3/c1-20-14-10-15-16(18(19)11-14)8-5-9-17(15)21-12-13-6-3-2-4-7-13/h2-11H,12H2,1H3. The van der Waals surface area contributed by atoms with Gasteiger partial charge in [0.2, 0.25) is 11.7 Å². The van der Waals surface area contributed by atoms with Crippen molar-refractivity contribution in [2.24, 2.45) is 0 Å². The van der Waals surface area contributed by atoms with E-state index in [-0.39, 0.29) is 0 Å². The summed E-state index contributed by atoms with van der Waals surface area (Å²) in [5.41, 5.74) is 1.63. The van der Waals surface area contributed by atoms with Gasteiger partial charge in [-0.05, 0) is 11.6 Å². The molecule has 3 rings (SSSR count). The van der Waals surface area contributed by atoms with Gasteiger partial charge in [0.1, 0.15) is 12.4 Å². The van der Waals surface area contributed by atoms with Crippen LogP contribution in [0.15, 0.2) is 60.8 Å². The van der Waals surface area contributed by atoms with Crippen LogP contribution in [0.5, 0.6) is 11.5 Å². The molecule has 0 amide bonds. The van der Waals surface area contributed by atoms with Gasteiger partial charge in [0.25, 0.3) is 0 Å². The molecule has 3 aromatic rings. The molecule has 0 aliphatic carbocycles. The number of hydrogen-bond acceptors (Lipinski definition) is 3. The summed E-state index contributed by atoms with van der Waals surface area (Å²) in [6.45, 7) is 0.454. The van der Waals surface area contributed by atoms with E-state index in [0.29, 0.717) is 23.6 Å². The van der Waals surface area contributed by atoms with Gasteiger partial charge in [0.05, 0.1) is 12.5 Å². The third kappa shape index (κ3) is 2.74. The highest BCUT2D eigenvalue weighted by Crippen LogP contribution is 2.27. The fourth-order valence-corrected chi connectivity index (χ4v) is 2.21. The topological polar surface area (TPSA) is 45.4 Å². The molecule has 0 N–H and O–H groups in total. The van der Waals surface area contributed by atoms with Crippen molar-refractivity contribution in [1.82, 2.24) is 0 Å². The third-order valence-electron chi connectivity index (χ3n) is 3.28. The lowest BCUT2D eigenvalue weighted by atomic mass is 10.2. The van der Waals surface area contributed by atoms with Crippen LogP contribution in [0.2, 0.25) is 0 Å². The van der Waals surface area contributed by atoms with Crippen molar-refractivity contribution in [2.45, 2.75) is 6.61 Å². The Bertz CT molecular complexity index is 757. The summed E-state index contributed by atoms with van der Waals surface area (Å²) in [6, 6.07) is 17.1. The average molecular weight is 281 g/mol. The molecule has 21 heavy (non-hydrogen) atoms. The van der Waals surface area contributed by atoms with Crippen LogP contribution in [0, 0.1) is 5.21 Å². The first-order chi connectivity index (χ1) is 10.3. The first kappa shape index (κ1) is 13.2. The Balaban J connectivity index is 1.96. The molecular weight excluding hydrogens is 266 g/mol. The molecule has 1 heterocycles. The van der Waals surface area contributed by atoms with Crippen molar-refractivity contribution in [3.05, 3.63) is 71.6 Å². The van der Waals surface area contributed by atoms with Crippen LogP contribution in [0.1, 0.15) is 5.56 Å². The summed E-state index contributed by atoms with van der Waals surface area (Å²) < 4.78 is 11.8. The lowest BCUT2D eigenvalue weighted by molar-refractivity contribution is -0.577. The SMILES string of the molecule is COc1cc2c(OCc3ccccc3)cccc2[n+]([O-])c1. The van der Waals surface area contributed by atoms with Gasteiger partial charge < -0.3 is 14.7 Å². The summed E-state index contributed by atoms with van der Waals surface area (Å²) in [6.07, 6.45) is 1.41. The zero-order chi connectivity index (χ0) is 14.7. The Morgan fingerprint density at radius 2 is 1.86 bits per heavy atom. The summed E-state index contributed by atoms with van der Waals surface area (Å²) in [5, 5.41) is 12.7. The van der Waals surface area contributed by atoms with Crippen molar-refractivity contribution in [3.8, 4) is 11.5 Å². The first-order valence-corrected chi connectivity index (χ1v) is 6.64. The number of hydrogen-bond donors (Lipinski definition) is 0. The first-order valence-electron chi connectivity index (χ1n) is 6.64. The van der Waals surface area contributed by atoms with Crippen LogP contribution in [0.25, 0.3) is 10.9 Å². The minimum Gasteiger partial charge on any atom is -0.618 e. The van der Waals surface area contributed by atoms with Crippen molar-refractivity contribution in [1.29, 1.82) is 0 Å². The smallest absolute Gasteiger partial charge is 0.227 e. The Kier molecular flexibility index (Phi) is 3.60. The number of aromatic nitrogens is 1.